The highest BCUT2D eigenvalue weighted by Crippen LogP contribution is 1.96. The van der Waals surface area contributed by atoms with Gasteiger partial charge >= 0.3 is 5.97 Å². The van der Waals surface area contributed by atoms with Crippen LogP contribution in [-0.2, 0) is 4.79 Å². The molecule has 0 aliphatic rings. The van der Waals surface area contributed by atoms with Crippen molar-refractivity contribution < 1.29 is 11.3 Å². The van der Waals surface area contributed by atoms with Crippen molar-refractivity contribution in [2.24, 2.45) is 11.5 Å². The number of nitrogens with two attached hydrogens (primary N) is 2. The maximum absolute atomic E-state index is 10.3. The van der Waals surface area contributed by atoms with Crippen molar-refractivity contribution in [2.75, 3.05) is 6.54 Å². The molecule has 0 saturated heterocycles. The Kier molecular flexibility index (Phi) is 3.90. The second-order valence-electron chi connectivity index (χ2n) is 2.18. The highest BCUT2D eigenvalue weighted by Gasteiger charge is 2.09. The Balaban J connectivity index is 3.44. The molecule has 0 bridgehead atoms. The molecule has 0 fully saturated rings. The third-order valence-corrected chi connectivity index (χ3v) is 1.25. The largest absolute Gasteiger partial charge is 0.480 e. The average molecular weight is 147 g/mol. The number of carbonyl (C=O) groups is 1. The van der Waals surface area contributed by atoms with Crippen molar-refractivity contribution in [3.8, 4) is 0 Å². The van der Waals surface area contributed by atoms with Crippen molar-refractivity contribution in [2.45, 2.75) is 25.3 Å². The zero-order valence-electron chi connectivity index (χ0n) is 6.84. The molecule has 0 aliphatic carbocycles. The molecular weight excluding hydrogens is 132 g/mol. The number of hydrogen-bond acceptors (Lipinski definition) is 3. The van der Waals surface area contributed by atoms with Crippen LogP contribution in [0, 0.1) is 0 Å². The minimum atomic E-state index is -0.975. The van der Waals surface area contributed by atoms with Gasteiger partial charge in [-0.05, 0) is 19.4 Å². The summed E-state index contributed by atoms with van der Waals surface area (Å²) < 4.78 is 6.66. The van der Waals surface area contributed by atoms with Crippen LogP contribution in [0.5, 0.6) is 0 Å². The molecule has 0 rings (SSSR count). The van der Waals surface area contributed by atoms with E-state index in [2.05, 4.69) is 0 Å². The van der Waals surface area contributed by atoms with Crippen molar-refractivity contribution in [3.05, 3.63) is 0 Å². The predicted molar refractivity (Wildman–Crippen MR) is 38.5 cm³/mol. The maximum Gasteiger partial charge on any atom is 0.320 e. The van der Waals surface area contributed by atoms with Gasteiger partial charge in [0.25, 0.3) is 0 Å². The Morgan fingerprint density at radius 2 is 2.40 bits per heavy atom. The first kappa shape index (κ1) is 7.50. The van der Waals surface area contributed by atoms with Gasteiger partial charge in [0.2, 0.25) is 0 Å². The van der Waals surface area contributed by atoms with Crippen molar-refractivity contribution >= 4 is 5.97 Å². The molecule has 0 aromatic rings. The zero-order valence-corrected chi connectivity index (χ0v) is 5.84. The Morgan fingerprint density at radius 3 is 2.80 bits per heavy atom. The monoisotopic (exact) mass is 147 g/mol. The van der Waals surface area contributed by atoms with Crippen LogP contribution >= 0.6 is 0 Å². The molecule has 0 aliphatic heterocycles. The van der Waals surface area contributed by atoms with Crippen molar-refractivity contribution in [3.63, 3.8) is 0 Å². The van der Waals surface area contributed by atoms with Gasteiger partial charge in [0.05, 0.1) is 0 Å². The first-order valence-corrected chi connectivity index (χ1v) is 3.32. The van der Waals surface area contributed by atoms with Gasteiger partial charge < -0.3 is 16.6 Å². The van der Waals surface area contributed by atoms with E-state index in [1.165, 1.54) is 0 Å². The van der Waals surface area contributed by atoms with Crippen LogP contribution in [0.2, 0.25) is 1.41 Å². The summed E-state index contributed by atoms with van der Waals surface area (Å²) in [6, 6.07) is -0.749. The quantitative estimate of drug-likeness (QED) is 0.443. The molecule has 0 aromatic heterocycles. The van der Waals surface area contributed by atoms with Gasteiger partial charge in [0, 0.05) is 0 Å². The lowest BCUT2D eigenvalue weighted by Gasteiger charge is -2.03. The Bertz CT molecular complexity index is 121. The van der Waals surface area contributed by atoms with Crippen LogP contribution in [0.1, 0.15) is 19.3 Å². The molecule has 5 N–H and O–H groups in total. The van der Waals surface area contributed by atoms with Crippen LogP contribution in [0.25, 0.3) is 0 Å². The number of unbranched alkanes of at least 4 members (excludes halogenated alkanes) is 1. The summed E-state index contributed by atoms with van der Waals surface area (Å²) in [6.45, 7) is 0.574. The summed E-state index contributed by atoms with van der Waals surface area (Å²) >= 11 is 0. The maximum atomic E-state index is 10.3. The topological polar surface area (TPSA) is 89.3 Å². The van der Waals surface area contributed by atoms with Crippen molar-refractivity contribution in [1.29, 1.82) is 0 Å². The summed E-state index contributed by atoms with van der Waals surface area (Å²) in [6.07, 6.45) is 2.03. The van der Waals surface area contributed by atoms with E-state index in [0.29, 0.717) is 13.0 Å². The first-order valence-electron chi connectivity index (χ1n) is 3.82. The summed E-state index contributed by atoms with van der Waals surface area (Å²) in [5.41, 5.74) is 7.19. The van der Waals surface area contributed by atoms with Gasteiger partial charge in [0.1, 0.15) is 7.45 Å². The molecule has 1 atom stereocenters. The van der Waals surface area contributed by atoms with Gasteiger partial charge in [0.15, 0.2) is 0 Å². The summed E-state index contributed by atoms with van der Waals surface area (Å²) in [5.74, 6) is -0.975. The molecule has 10 heavy (non-hydrogen) atoms. The molecule has 0 amide bonds. The summed E-state index contributed by atoms with van der Waals surface area (Å²) in [7, 11) is 0. The fourth-order valence-electron chi connectivity index (χ4n) is 0.616. The molecule has 0 heterocycles. The van der Waals surface area contributed by atoms with Crippen LogP contribution in [0.15, 0.2) is 0 Å². The SMILES string of the molecule is [2H]N[C@@H](CCCCN)C(=O)O. The van der Waals surface area contributed by atoms with Crippen molar-refractivity contribution in [1.82, 2.24) is 0 Å². The number of hydrogen-bond donors (Lipinski definition) is 3. The number of rotatable bonds is 6. The minimum absolute atomic E-state index is 0.468. The molecule has 0 saturated carbocycles. The first-order chi connectivity index (χ1) is 5.22. The average Bonchev–Trinajstić information content (AvgIpc) is 1.97. The molecule has 0 unspecified atom stereocenters. The van der Waals surface area contributed by atoms with E-state index in [4.69, 9.17) is 12.3 Å². The van der Waals surface area contributed by atoms with Crippen LogP contribution in [-0.4, -0.2) is 23.7 Å². The van der Waals surface area contributed by atoms with Crippen LogP contribution < -0.4 is 11.5 Å². The molecule has 60 valence electrons. The molecule has 0 spiro atoms. The summed E-state index contributed by atoms with van der Waals surface area (Å²) in [4.78, 5) is 10.3. The van der Waals surface area contributed by atoms with Crippen LogP contribution in [0.4, 0.5) is 0 Å². The fraction of sp³-hybridized carbons (Fsp3) is 0.833. The van der Waals surface area contributed by atoms with E-state index in [-0.39, 0.29) is 0 Å². The number of carboxylic acid groups (broad SMARTS) is 1. The number of carboxylic acids is 1. The second kappa shape index (κ2) is 5.20. The van der Waals surface area contributed by atoms with E-state index in [1.807, 2.05) is 5.73 Å². The molecule has 0 radical (unpaired) electrons. The normalized spacial score (nSPS) is 14.3. The van der Waals surface area contributed by atoms with Gasteiger partial charge in [-0.2, -0.15) is 0 Å². The highest BCUT2D eigenvalue weighted by molar-refractivity contribution is 5.72. The molecule has 0 aromatic carbocycles. The Morgan fingerprint density at radius 1 is 1.70 bits per heavy atom. The Labute approximate surface area is 61.7 Å². The standard InChI is InChI=1S/C6H14N2O2/c7-4-2-1-3-5(8)6(9)10/h5H,1-4,7-8H2,(H,9,10)/t5-/m0/s1/i/hD. The number of aliphatic carboxylic acids is 1. The highest BCUT2D eigenvalue weighted by atomic mass is 16.4. The van der Waals surface area contributed by atoms with Gasteiger partial charge in [-0.3, -0.25) is 4.79 Å². The predicted octanol–water partition coefficient (Wildman–Crippen LogP) is -0.473. The molecule has 4 heteroatoms. The lowest BCUT2D eigenvalue weighted by atomic mass is 10.1. The van der Waals surface area contributed by atoms with E-state index in [9.17, 15) is 4.79 Å². The fourth-order valence-corrected chi connectivity index (χ4v) is 0.616. The summed E-state index contributed by atoms with van der Waals surface area (Å²) in [5, 5.41) is 8.46. The van der Waals surface area contributed by atoms with E-state index >= 15 is 0 Å². The Hall–Kier alpha value is -0.610. The van der Waals surface area contributed by atoms with E-state index in [0.717, 1.165) is 12.8 Å². The van der Waals surface area contributed by atoms with Gasteiger partial charge in [-0.25, -0.2) is 0 Å². The van der Waals surface area contributed by atoms with Crippen LogP contribution in [0.3, 0.4) is 0 Å². The molecular formula is C6H14N2O2. The van der Waals surface area contributed by atoms with Gasteiger partial charge in [-0.15, -0.1) is 0 Å². The second-order valence-corrected chi connectivity index (χ2v) is 2.18. The lowest BCUT2D eigenvalue weighted by molar-refractivity contribution is -0.138. The third kappa shape index (κ3) is 4.29. The smallest absolute Gasteiger partial charge is 0.320 e. The van der Waals surface area contributed by atoms with E-state index in [1.54, 1.807) is 0 Å². The third-order valence-electron chi connectivity index (χ3n) is 1.25. The van der Waals surface area contributed by atoms with Gasteiger partial charge in [-0.1, -0.05) is 6.42 Å². The lowest BCUT2D eigenvalue weighted by Crippen LogP contribution is -2.29. The van der Waals surface area contributed by atoms with E-state index < -0.39 is 12.0 Å². The molecule has 4 nitrogen and oxygen atoms in total. The zero-order chi connectivity index (χ0) is 8.69. The minimum Gasteiger partial charge on any atom is -0.480 e.